The van der Waals surface area contributed by atoms with E-state index in [4.69, 9.17) is 15.6 Å². The van der Waals surface area contributed by atoms with Gasteiger partial charge in [0.05, 0.1) is 12.7 Å². The van der Waals surface area contributed by atoms with E-state index in [1.54, 1.807) is 0 Å². The van der Waals surface area contributed by atoms with Crippen LogP contribution in [-0.2, 0) is 9.53 Å². The molecule has 0 aliphatic carbocycles. The average molecular weight is 260 g/mol. The zero-order valence-electron chi connectivity index (χ0n) is 12.1. The first-order chi connectivity index (χ1) is 8.31. The Kier molecular flexibility index (Phi) is 8.15. The first-order valence-electron chi connectivity index (χ1n) is 6.64. The summed E-state index contributed by atoms with van der Waals surface area (Å²) >= 11 is 0. The summed E-state index contributed by atoms with van der Waals surface area (Å²) in [5.41, 5.74) is 4.75. The Hall–Kier alpha value is -0.650. The molecule has 3 N–H and O–H groups in total. The topological polar surface area (TPSA) is 75.8 Å². The zero-order chi connectivity index (χ0) is 14.2. The summed E-state index contributed by atoms with van der Waals surface area (Å²) < 4.78 is 5.46. The predicted octanol–water partition coefficient (Wildman–Crippen LogP) is 1.32. The van der Waals surface area contributed by atoms with Gasteiger partial charge in [-0.25, -0.2) is 0 Å². The van der Waals surface area contributed by atoms with Gasteiger partial charge in [-0.05, 0) is 46.7 Å². The van der Waals surface area contributed by atoms with Crippen LogP contribution in [-0.4, -0.2) is 54.4 Å². The number of carbonyl (C=O) groups is 1. The maximum Gasteiger partial charge on any atom is 0.323 e. The molecule has 18 heavy (non-hydrogen) atoms. The lowest BCUT2D eigenvalue weighted by molar-refractivity contribution is -0.143. The SMILES string of the molecule is CCC(N)(CCCN(C)CCOC(C)C)C(=O)O. The van der Waals surface area contributed by atoms with E-state index in [2.05, 4.69) is 4.90 Å². The molecule has 0 heterocycles. The monoisotopic (exact) mass is 260 g/mol. The number of nitrogens with zero attached hydrogens (tertiary/aromatic N) is 1. The quantitative estimate of drug-likeness (QED) is 0.619. The molecular formula is C13H28N2O3. The van der Waals surface area contributed by atoms with Gasteiger partial charge in [0.15, 0.2) is 0 Å². The molecule has 0 saturated heterocycles. The van der Waals surface area contributed by atoms with Crippen LogP contribution in [0, 0.1) is 0 Å². The van der Waals surface area contributed by atoms with Crippen molar-refractivity contribution in [2.24, 2.45) is 5.73 Å². The molecule has 0 aliphatic rings. The van der Waals surface area contributed by atoms with E-state index < -0.39 is 11.5 Å². The molecule has 0 fully saturated rings. The van der Waals surface area contributed by atoms with Crippen molar-refractivity contribution in [1.29, 1.82) is 0 Å². The zero-order valence-corrected chi connectivity index (χ0v) is 12.1. The molecule has 0 spiro atoms. The van der Waals surface area contributed by atoms with Crippen LogP contribution in [0.1, 0.15) is 40.0 Å². The summed E-state index contributed by atoms with van der Waals surface area (Å²) in [5.74, 6) is -0.907. The third-order valence-corrected chi connectivity index (χ3v) is 3.14. The number of hydrogen-bond acceptors (Lipinski definition) is 4. The normalized spacial score (nSPS) is 15.1. The van der Waals surface area contributed by atoms with Gasteiger partial charge in [0.25, 0.3) is 0 Å². The van der Waals surface area contributed by atoms with E-state index >= 15 is 0 Å². The van der Waals surface area contributed by atoms with E-state index in [0.29, 0.717) is 19.4 Å². The third kappa shape index (κ3) is 6.93. The molecule has 1 unspecified atom stereocenters. The molecule has 0 rings (SSSR count). The fraction of sp³-hybridized carbons (Fsp3) is 0.923. The Labute approximate surface area is 110 Å². The van der Waals surface area contributed by atoms with E-state index in [1.807, 2.05) is 27.8 Å². The number of carboxylic acid groups (broad SMARTS) is 1. The smallest absolute Gasteiger partial charge is 0.323 e. The summed E-state index contributed by atoms with van der Waals surface area (Å²) in [6.07, 6.45) is 2.01. The number of likely N-dealkylation sites (N-methyl/N-ethyl adjacent to an activating group) is 1. The summed E-state index contributed by atoms with van der Waals surface area (Å²) in [5, 5.41) is 9.04. The Bertz CT molecular complexity index is 246. The van der Waals surface area contributed by atoms with Crippen molar-refractivity contribution in [2.45, 2.75) is 51.7 Å². The molecule has 5 heteroatoms. The van der Waals surface area contributed by atoms with Crippen LogP contribution in [0.3, 0.4) is 0 Å². The van der Waals surface area contributed by atoms with Crippen molar-refractivity contribution in [2.75, 3.05) is 26.7 Å². The summed E-state index contributed by atoms with van der Waals surface area (Å²) in [4.78, 5) is 13.2. The second-order valence-corrected chi connectivity index (χ2v) is 5.14. The molecule has 5 nitrogen and oxygen atoms in total. The van der Waals surface area contributed by atoms with Gasteiger partial charge in [0.2, 0.25) is 0 Å². The van der Waals surface area contributed by atoms with Crippen molar-refractivity contribution in [1.82, 2.24) is 4.90 Å². The van der Waals surface area contributed by atoms with E-state index in [1.165, 1.54) is 0 Å². The number of aliphatic carboxylic acids is 1. The molecule has 0 saturated carbocycles. The van der Waals surface area contributed by atoms with Crippen LogP contribution < -0.4 is 5.73 Å². The van der Waals surface area contributed by atoms with Gasteiger partial charge in [0.1, 0.15) is 5.54 Å². The maximum atomic E-state index is 11.0. The van der Waals surface area contributed by atoms with E-state index in [0.717, 1.165) is 19.5 Å². The summed E-state index contributed by atoms with van der Waals surface area (Å²) in [6.45, 7) is 8.24. The Morgan fingerprint density at radius 2 is 2.06 bits per heavy atom. The number of hydrogen-bond donors (Lipinski definition) is 2. The first kappa shape index (κ1) is 17.4. The van der Waals surface area contributed by atoms with Gasteiger partial charge in [-0.1, -0.05) is 6.92 Å². The number of rotatable bonds is 10. The highest BCUT2D eigenvalue weighted by molar-refractivity contribution is 5.78. The molecule has 0 aliphatic heterocycles. The van der Waals surface area contributed by atoms with Gasteiger partial charge in [0, 0.05) is 6.54 Å². The number of ether oxygens (including phenoxy) is 1. The third-order valence-electron chi connectivity index (χ3n) is 3.14. The largest absolute Gasteiger partial charge is 0.480 e. The predicted molar refractivity (Wildman–Crippen MR) is 72.7 cm³/mol. The van der Waals surface area contributed by atoms with Gasteiger partial charge in [-0.3, -0.25) is 4.79 Å². The minimum absolute atomic E-state index is 0.252. The van der Waals surface area contributed by atoms with Gasteiger partial charge in [-0.15, -0.1) is 0 Å². The van der Waals surface area contributed by atoms with Crippen molar-refractivity contribution in [3.63, 3.8) is 0 Å². The fourth-order valence-corrected chi connectivity index (χ4v) is 1.66. The molecule has 0 aromatic rings. The van der Waals surface area contributed by atoms with Crippen LogP contribution >= 0.6 is 0 Å². The highest BCUT2D eigenvalue weighted by Crippen LogP contribution is 2.14. The Balaban J connectivity index is 3.79. The van der Waals surface area contributed by atoms with Crippen molar-refractivity contribution < 1.29 is 14.6 Å². The van der Waals surface area contributed by atoms with Crippen LogP contribution in [0.2, 0.25) is 0 Å². The molecule has 108 valence electrons. The van der Waals surface area contributed by atoms with Gasteiger partial charge >= 0.3 is 5.97 Å². The van der Waals surface area contributed by atoms with Crippen LogP contribution in [0.5, 0.6) is 0 Å². The molecule has 0 aromatic carbocycles. The van der Waals surface area contributed by atoms with E-state index in [9.17, 15) is 4.79 Å². The molecule has 0 aromatic heterocycles. The van der Waals surface area contributed by atoms with Gasteiger partial charge in [-0.2, -0.15) is 0 Å². The molecule has 1 atom stereocenters. The van der Waals surface area contributed by atoms with Crippen molar-refractivity contribution in [3.8, 4) is 0 Å². The van der Waals surface area contributed by atoms with Crippen LogP contribution in [0.25, 0.3) is 0 Å². The lowest BCUT2D eigenvalue weighted by Crippen LogP contribution is -2.47. The van der Waals surface area contributed by atoms with Crippen LogP contribution in [0.15, 0.2) is 0 Å². The fourth-order valence-electron chi connectivity index (χ4n) is 1.66. The highest BCUT2D eigenvalue weighted by atomic mass is 16.5. The standard InChI is InChI=1S/C13H28N2O3/c1-5-13(14,12(16)17)7-6-8-15(4)9-10-18-11(2)3/h11H,5-10,14H2,1-4H3,(H,16,17). The molecule has 0 amide bonds. The molecular weight excluding hydrogens is 232 g/mol. The molecule has 0 bridgehead atoms. The highest BCUT2D eigenvalue weighted by Gasteiger charge is 2.30. The van der Waals surface area contributed by atoms with Gasteiger partial charge < -0.3 is 20.5 Å². The Morgan fingerprint density at radius 1 is 1.44 bits per heavy atom. The number of nitrogens with two attached hydrogens (primary N) is 1. The average Bonchev–Trinajstić information content (AvgIpc) is 2.27. The second kappa shape index (κ2) is 8.45. The summed E-state index contributed by atoms with van der Waals surface area (Å²) in [7, 11) is 2.01. The lowest BCUT2D eigenvalue weighted by Gasteiger charge is -2.24. The lowest BCUT2D eigenvalue weighted by atomic mass is 9.92. The van der Waals surface area contributed by atoms with Crippen LogP contribution in [0.4, 0.5) is 0 Å². The van der Waals surface area contributed by atoms with E-state index in [-0.39, 0.29) is 6.10 Å². The van der Waals surface area contributed by atoms with Crippen molar-refractivity contribution in [3.05, 3.63) is 0 Å². The van der Waals surface area contributed by atoms with Crippen molar-refractivity contribution >= 4 is 5.97 Å². The maximum absolute atomic E-state index is 11.0. The minimum atomic E-state index is -1.07. The number of carboxylic acids is 1. The minimum Gasteiger partial charge on any atom is -0.480 e. The molecule has 0 radical (unpaired) electrons. The second-order valence-electron chi connectivity index (χ2n) is 5.14. The first-order valence-corrected chi connectivity index (χ1v) is 6.64. The summed E-state index contributed by atoms with van der Waals surface area (Å²) in [6, 6.07) is 0. The Morgan fingerprint density at radius 3 is 2.50 bits per heavy atom.